The summed E-state index contributed by atoms with van der Waals surface area (Å²) >= 11 is 0. The van der Waals surface area contributed by atoms with E-state index in [0.717, 1.165) is 37.9 Å². The molecule has 2 fully saturated rings. The van der Waals surface area contributed by atoms with Gasteiger partial charge in [0.15, 0.2) is 0 Å². The minimum atomic E-state index is -0.319. The van der Waals surface area contributed by atoms with E-state index >= 15 is 0 Å². The van der Waals surface area contributed by atoms with Crippen molar-refractivity contribution in [3.05, 3.63) is 48.3 Å². The molecule has 1 aromatic carbocycles. The molecule has 1 aliphatic heterocycles. The molecule has 2 N–H and O–H groups in total. The van der Waals surface area contributed by atoms with E-state index in [-0.39, 0.29) is 23.1 Å². The molecular weight excluding hydrogens is 307 g/mol. The molecule has 4 rings (SSSR count). The highest BCUT2D eigenvalue weighted by Crippen LogP contribution is 2.58. The third-order valence-corrected chi connectivity index (χ3v) is 5.37. The van der Waals surface area contributed by atoms with E-state index in [4.69, 9.17) is 0 Å². The second kappa shape index (κ2) is 6.02. The number of rotatable bonds is 4. The topological polar surface area (TPSA) is 59.0 Å². The zero-order valence-electron chi connectivity index (χ0n) is 13.5. The quantitative estimate of drug-likeness (QED) is 0.903. The first-order valence-corrected chi connectivity index (χ1v) is 8.43. The Hall–Kier alpha value is -2.21. The van der Waals surface area contributed by atoms with Crippen LogP contribution in [0, 0.1) is 17.2 Å². The highest BCUT2D eigenvalue weighted by molar-refractivity contribution is 5.82. The van der Waals surface area contributed by atoms with Crippen LogP contribution in [-0.4, -0.2) is 28.5 Å². The van der Waals surface area contributed by atoms with Gasteiger partial charge in [0.1, 0.15) is 5.82 Å². The number of amides is 1. The van der Waals surface area contributed by atoms with Gasteiger partial charge < -0.3 is 15.2 Å². The van der Waals surface area contributed by atoms with E-state index in [0.29, 0.717) is 12.2 Å². The van der Waals surface area contributed by atoms with E-state index in [1.807, 2.05) is 6.07 Å². The molecule has 2 heterocycles. The third kappa shape index (κ3) is 2.82. The second-order valence-corrected chi connectivity index (χ2v) is 6.84. The molecule has 1 spiro atoms. The van der Waals surface area contributed by atoms with Gasteiger partial charge in [-0.15, -0.1) is 0 Å². The first-order valence-electron chi connectivity index (χ1n) is 8.43. The SMILES string of the molecule is O=C(NCc1ccc(-n2ccnc2)c(F)c1)C1CC12CCNCC2. The Morgan fingerprint density at radius 2 is 2.25 bits per heavy atom. The molecule has 24 heavy (non-hydrogen) atoms. The van der Waals surface area contributed by atoms with Gasteiger partial charge in [-0.2, -0.15) is 0 Å². The number of carbonyl (C=O) groups is 1. The number of hydrogen-bond donors (Lipinski definition) is 2. The molecular formula is C18H21FN4O. The molecule has 2 aliphatic rings. The normalized spacial score (nSPS) is 21.6. The van der Waals surface area contributed by atoms with Crippen LogP contribution in [0.5, 0.6) is 0 Å². The summed E-state index contributed by atoms with van der Waals surface area (Å²) in [5.74, 6) is -0.0772. The van der Waals surface area contributed by atoms with Crippen molar-refractivity contribution in [2.24, 2.45) is 11.3 Å². The van der Waals surface area contributed by atoms with Gasteiger partial charge in [-0.3, -0.25) is 4.79 Å². The lowest BCUT2D eigenvalue weighted by molar-refractivity contribution is -0.123. The maximum Gasteiger partial charge on any atom is 0.223 e. The molecule has 1 aliphatic carbocycles. The summed E-state index contributed by atoms with van der Waals surface area (Å²) in [6, 6.07) is 5.03. The molecule has 2 aromatic rings. The Morgan fingerprint density at radius 1 is 1.42 bits per heavy atom. The van der Waals surface area contributed by atoms with Crippen LogP contribution in [0.4, 0.5) is 4.39 Å². The predicted octanol–water partition coefficient (Wildman–Crippen LogP) is 2.02. The zero-order valence-corrected chi connectivity index (χ0v) is 13.5. The minimum Gasteiger partial charge on any atom is -0.352 e. The summed E-state index contributed by atoms with van der Waals surface area (Å²) in [5, 5.41) is 6.31. The van der Waals surface area contributed by atoms with Gasteiger partial charge in [0, 0.05) is 24.9 Å². The predicted molar refractivity (Wildman–Crippen MR) is 88.0 cm³/mol. The van der Waals surface area contributed by atoms with Crippen LogP contribution in [-0.2, 0) is 11.3 Å². The van der Waals surface area contributed by atoms with Crippen molar-refractivity contribution >= 4 is 5.91 Å². The standard InChI is InChI=1S/C18H21FN4O/c19-15-9-13(1-2-16(15)23-8-7-21-12-23)11-22-17(24)14-10-18(14)3-5-20-6-4-18/h1-2,7-9,12,14,20H,3-6,10-11H2,(H,22,24). The van der Waals surface area contributed by atoms with E-state index in [1.54, 1.807) is 29.4 Å². The van der Waals surface area contributed by atoms with E-state index < -0.39 is 0 Å². The lowest BCUT2D eigenvalue weighted by Crippen LogP contribution is -2.33. The number of aromatic nitrogens is 2. The summed E-state index contributed by atoms with van der Waals surface area (Å²) in [4.78, 5) is 16.3. The van der Waals surface area contributed by atoms with Crippen molar-refractivity contribution < 1.29 is 9.18 Å². The Bertz CT molecular complexity index is 737. The highest BCUT2D eigenvalue weighted by Gasteiger charge is 2.57. The molecule has 6 heteroatoms. The van der Waals surface area contributed by atoms with Crippen LogP contribution in [0.3, 0.4) is 0 Å². The number of piperidine rings is 1. The fourth-order valence-corrected chi connectivity index (χ4v) is 3.78. The maximum atomic E-state index is 14.2. The molecule has 126 valence electrons. The highest BCUT2D eigenvalue weighted by atomic mass is 19.1. The van der Waals surface area contributed by atoms with Crippen molar-refractivity contribution in [1.82, 2.24) is 20.2 Å². The first kappa shape index (κ1) is 15.3. The minimum absolute atomic E-state index is 0.107. The monoisotopic (exact) mass is 328 g/mol. The Balaban J connectivity index is 1.36. The van der Waals surface area contributed by atoms with Crippen LogP contribution in [0.15, 0.2) is 36.9 Å². The number of hydrogen-bond acceptors (Lipinski definition) is 3. The molecule has 1 saturated heterocycles. The lowest BCUT2D eigenvalue weighted by atomic mass is 9.92. The van der Waals surface area contributed by atoms with E-state index in [9.17, 15) is 9.18 Å². The number of nitrogens with zero attached hydrogens (tertiary/aromatic N) is 2. The van der Waals surface area contributed by atoms with Crippen molar-refractivity contribution in [1.29, 1.82) is 0 Å². The summed E-state index contributed by atoms with van der Waals surface area (Å²) in [7, 11) is 0. The van der Waals surface area contributed by atoms with Crippen molar-refractivity contribution in [3.8, 4) is 5.69 Å². The smallest absolute Gasteiger partial charge is 0.223 e. The first-order chi connectivity index (χ1) is 11.7. The van der Waals surface area contributed by atoms with Gasteiger partial charge in [-0.05, 0) is 55.5 Å². The molecule has 1 atom stereocenters. The van der Waals surface area contributed by atoms with Crippen LogP contribution in [0.25, 0.3) is 5.69 Å². The zero-order chi connectivity index (χ0) is 16.6. The number of carbonyl (C=O) groups excluding carboxylic acids is 1. The van der Waals surface area contributed by atoms with E-state index in [1.165, 1.54) is 6.07 Å². The molecule has 5 nitrogen and oxygen atoms in total. The largest absolute Gasteiger partial charge is 0.352 e. The van der Waals surface area contributed by atoms with Crippen LogP contribution in [0.2, 0.25) is 0 Å². The van der Waals surface area contributed by atoms with Gasteiger partial charge in [0.05, 0.1) is 12.0 Å². The van der Waals surface area contributed by atoms with Crippen molar-refractivity contribution in [2.75, 3.05) is 13.1 Å². The van der Waals surface area contributed by atoms with Gasteiger partial charge in [0.25, 0.3) is 0 Å². The average molecular weight is 328 g/mol. The number of nitrogens with one attached hydrogen (secondary N) is 2. The average Bonchev–Trinajstić information content (AvgIpc) is 3.03. The van der Waals surface area contributed by atoms with Gasteiger partial charge in [-0.25, -0.2) is 9.37 Å². The maximum absolute atomic E-state index is 14.2. The van der Waals surface area contributed by atoms with Crippen LogP contribution < -0.4 is 10.6 Å². The Labute approximate surface area is 140 Å². The van der Waals surface area contributed by atoms with Gasteiger partial charge in [0.2, 0.25) is 5.91 Å². The van der Waals surface area contributed by atoms with Crippen LogP contribution >= 0.6 is 0 Å². The summed E-state index contributed by atoms with van der Waals surface area (Å²) < 4.78 is 15.9. The molecule has 1 amide bonds. The van der Waals surface area contributed by atoms with Crippen LogP contribution in [0.1, 0.15) is 24.8 Å². The van der Waals surface area contributed by atoms with Gasteiger partial charge in [-0.1, -0.05) is 6.07 Å². The number of halogens is 1. The fraction of sp³-hybridized carbons (Fsp3) is 0.444. The third-order valence-electron chi connectivity index (χ3n) is 5.37. The Kier molecular flexibility index (Phi) is 3.84. The number of benzene rings is 1. The van der Waals surface area contributed by atoms with Gasteiger partial charge >= 0.3 is 0 Å². The lowest BCUT2D eigenvalue weighted by Gasteiger charge is -2.23. The number of imidazole rings is 1. The fourth-order valence-electron chi connectivity index (χ4n) is 3.78. The molecule has 0 bridgehead atoms. The summed E-state index contributed by atoms with van der Waals surface area (Å²) in [6.07, 6.45) is 8.03. The molecule has 0 radical (unpaired) electrons. The molecule has 1 aromatic heterocycles. The summed E-state index contributed by atoms with van der Waals surface area (Å²) in [5.41, 5.74) is 1.45. The van der Waals surface area contributed by atoms with E-state index in [2.05, 4.69) is 15.6 Å². The molecule has 1 saturated carbocycles. The summed E-state index contributed by atoms with van der Waals surface area (Å²) in [6.45, 7) is 2.38. The van der Waals surface area contributed by atoms with Crippen molar-refractivity contribution in [3.63, 3.8) is 0 Å². The molecule has 1 unspecified atom stereocenters. The van der Waals surface area contributed by atoms with Crippen molar-refractivity contribution in [2.45, 2.75) is 25.8 Å². The Morgan fingerprint density at radius 3 is 2.96 bits per heavy atom. The second-order valence-electron chi connectivity index (χ2n) is 6.84.